The summed E-state index contributed by atoms with van der Waals surface area (Å²) in [5.74, 6) is 0.577. The van der Waals surface area contributed by atoms with Crippen LogP contribution in [0, 0.1) is 11.3 Å². The standard InChI is InChI=1S/C25H21N3O2/c1-3-28-23-15-20(30-2)13-14-21(23)22(16-26)24(28)17-9-11-18(12-10-17)25(29)27-19-7-5-4-6-8-19/h4-15H,3H2,1-2H3,(H,27,29). The highest BCUT2D eigenvalue weighted by Gasteiger charge is 2.19. The Morgan fingerprint density at radius 3 is 2.43 bits per heavy atom. The molecular weight excluding hydrogens is 374 g/mol. The van der Waals surface area contributed by atoms with Crippen molar-refractivity contribution in [2.24, 2.45) is 0 Å². The van der Waals surface area contributed by atoms with Crippen molar-refractivity contribution in [3.8, 4) is 23.1 Å². The third-order valence-electron chi connectivity index (χ3n) is 5.15. The number of nitrogens with one attached hydrogen (secondary N) is 1. The minimum atomic E-state index is -0.172. The SMILES string of the molecule is CCn1c(-c2ccc(C(=O)Nc3ccccc3)cc2)c(C#N)c2ccc(OC)cc21. The smallest absolute Gasteiger partial charge is 0.255 e. The number of hydrogen-bond donors (Lipinski definition) is 1. The van der Waals surface area contributed by atoms with Crippen LogP contribution in [0.4, 0.5) is 5.69 Å². The molecule has 4 rings (SSSR count). The van der Waals surface area contributed by atoms with Crippen LogP contribution in [0.25, 0.3) is 22.2 Å². The molecule has 0 bridgehead atoms. The molecule has 0 aliphatic heterocycles. The van der Waals surface area contributed by atoms with Crippen molar-refractivity contribution >= 4 is 22.5 Å². The van der Waals surface area contributed by atoms with E-state index in [4.69, 9.17) is 4.74 Å². The summed E-state index contributed by atoms with van der Waals surface area (Å²) in [6.07, 6.45) is 0. The number of aryl methyl sites for hydroxylation is 1. The second-order valence-corrected chi connectivity index (χ2v) is 6.86. The molecule has 0 aliphatic rings. The molecule has 0 fully saturated rings. The molecule has 0 radical (unpaired) electrons. The lowest BCUT2D eigenvalue weighted by Crippen LogP contribution is -2.11. The quantitative estimate of drug-likeness (QED) is 0.488. The zero-order valence-electron chi connectivity index (χ0n) is 16.8. The molecule has 0 unspecified atom stereocenters. The van der Waals surface area contributed by atoms with E-state index in [9.17, 15) is 10.1 Å². The average Bonchev–Trinajstić information content (AvgIpc) is 3.12. The van der Waals surface area contributed by atoms with Gasteiger partial charge in [0.1, 0.15) is 11.8 Å². The fourth-order valence-electron chi connectivity index (χ4n) is 3.70. The third-order valence-corrected chi connectivity index (χ3v) is 5.15. The fourth-order valence-corrected chi connectivity index (χ4v) is 3.70. The van der Waals surface area contributed by atoms with Gasteiger partial charge in [-0.05, 0) is 48.9 Å². The van der Waals surface area contributed by atoms with Gasteiger partial charge >= 0.3 is 0 Å². The first-order chi connectivity index (χ1) is 14.7. The second-order valence-electron chi connectivity index (χ2n) is 6.86. The molecule has 1 N–H and O–H groups in total. The van der Waals surface area contributed by atoms with Crippen LogP contribution < -0.4 is 10.1 Å². The van der Waals surface area contributed by atoms with Gasteiger partial charge in [0.05, 0.1) is 23.9 Å². The summed E-state index contributed by atoms with van der Waals surface area (Å²) < 4.78 is 7.47. The average molecular weight is 395 g/mol. The Balaban J connectivity index is 1.74. The topological polar surface area (TPSA) is 67.0 Å². The second kappa shape index (κ2) is 8.14. The maximum Gasteiger partial charge on any atom is 0.255 e. The molecule has 148 valence electrons. The number of rotatable bonds is 5. The largest absolute Gasteiger partial charge is 0.497 e. The van der Waals surface area contributed by atoms with E-state index < -0.39 is 0 Å². The Morgan fingerprint density at radius 2 is 1.80 bits per heavy atom. The van der Waals surface area contributed by atoms with E-state index >= 15 is 0 Å². The van der Waals surface area contributed by atoms with E-state index in [1.165, 1.54) is 0 Å². The minimum absolute atomic E-state index is 0.172. The number of benzene rings is 3. The highest BCUT2D eigenvalue weighted by Crippen LogP contribution is 2.35. The van der Waals surface area contributed by atoms with Crippen LogP contribution >= 0.6 is 0 Å². The van der Waals surface area contributed by atoms with Gasteiger partial charge in [-0.15, -0.1) is 0 Å². The van der Waals surface area contributed by atoms with Crippen molar-refractivity contribution in [2.45, 2.75) is 13.5 Å². The number of methoxy groups -OCH3 is 1. The summed E-state index contributed by atoms with van der Waals surface area (Å²) in [5.41, 5.74) is 4.61. The van der Waals surface area contributed by atoms with Gasteiger partial charge in [-0.25, -0.2) is 0 Å². The van der Waals surface area contributed by atoms with E-state index in [1.54, 1.807) is 19.2 Å². The molecule has 4 aromatic rings. The molecule has 5 nitrogen and oxygen atoms in total. The Hall–Kier alpha value is -4.04. The first-order valence-electron chi connectivity index (χ1n) is 9.73. The summed E-state index contributed by atoms with van der Waals surface area (Å²) in [6.45, 7) is 2.75. The van der Waals surface area contributed by atoms with Crippen LogP contribution in [0.1, 0.15) is 22.8 Å². The van der Waals surface area contributed by atoms with Gasteiger partial charge in [0.25, 0.3) is 5.91 Å². The Kier molecular flexibility index (Phi) is 5.23. The van der Waals surface area contributed by atoms with Crippen LogP contribution in [0.2, 0.25) is 0 Å². The van der Waals surface area contributed by atoms with Crippen molar-refractivity contribution in [1.82, 2.24) is 4.57 Å². The predicted molar refractivity (Wildman–Crippen MR) is 119 cm³/mol. The number of aromatic nitrogens is 1. The monoisotopic (exact) mass is 395 g/mol. The molecule has 5 heteroatoms. The number of fused-ring (bicyclic) bond motifs is 1. The molecule has 0 saturated carbocycles. The maximum atomic E-state index is 12.5. The Labute approximate surface area is 175 Å². The van der Waals surface area contributed by atoms with Crippen molar-refractivity contribution in [2.75, 3.05) is 12.4 Å². The summed E-state index contributed by atoms with van der Waals surface area (Å²) in [6, 6.07) is 24.8. The molecule has 30 heavy (non-hydrogen) atoms. The zero-order valence-corrected chi connectivity index (χ0v) is 16.8. The molecular formula is C25H21N3O2. The van der Waals surface area contributed by atoms with Crippen LogP contribution in [-0.4, -0.2) is 17.6 Å². The molecule has 0 saturated heterocycles. The van der Waals surface area contributed by atoms with Crippen LogP contribution in [-0.2, 0) is 6.54 Å². The van der Waals surface area contributed by atoms with E-state index in [0.717, 1.165) is 33.6 Å². The molecule has 0 spiro atoms. The highest BCUT2D eigenvalue weighted by molar-refractivity contribution is 6.04. The van der Waals surface area contributed by atoms with Crippen molar-refractivity contribution < 1.29 is 9.53 Å². The maximum absolute atomic E-state index is 12.5. The molecule has 3 aromatic carbocycles. The van der Waals surface area contributed by atoms with E-state index in [0.29, 0.717) is 17.7 Å². The number of nitrogens with zero attached hydrogens (tertiary/aromatic N) is 2. The first-order valence-corrected chi connectivity index (χ1v) is 9.73. The lowest BCUT2D eigenvalue weighted by atomic mass is 10.0. The van der Waals surface area contributed by atoms with Crippen molar-refractivity contribution in [3.63, 3.8) is 0 Å². The fraction of sp³-hybridized carbons (Fsp3) is 0.120. The number of hydrogen-bond acceptors (Lipinski definition) is 3. The van der Waals surface area contributed by atoms with E-state index in [2.05, 4.69) is 16.0 Å². The molecule has 0 atom stereocenters. The summed E-state index contributed by atoms with van der Waals surface area (Å²) >= 11 is 0. The lowest BCUT2D eigenvalue weighted by molar-refractivity contribution is 0.102. The van der Waals surface area contributed by atoms with Gasteiger partial charge in [0, 0.05) is 29.2 Å². The number of carbonyl (C=O) groups is 1. The van der Waals surface area contributed by atoms with Gasteiger partial charge in [-0.2, -0.15) is 5.26 Å². The van der Waals surface area contributed by atoms with Gasteiger partial charge in [0.15, 0.2) is 0 Å². The Bertz CT molecular complexity index is 1250. The van der Waals surface area contributed by atoms with Crippen molar-refractivity contribution in [3.05, 3.63) is 83.9 Å². The van der Waals surface area contributed by atoms with Crippen LogP contribution in [0.15, 0.2) is 72.8 Å². The number of carbonyl (C=O) groups excluding carboxylic acids is 1. The molecule has 1 amide bonds. The Morgan fingerprint density at radius 1 is 1.07 bits per heavy atom. The molecule has 1 heterocycles. The van der Waals surface area contributed by atoms with Crippen molar-refractivity contribution in [1.29, 1.82) is 5.26 Å². The predicted octanol–water partition coefficient (Wildman–Crippen LogP) is 5.46. The number of nitriles is 1. The third kappa shape index (κ3) is 3.40. The van der Waals surface area contributed by atoms with Gasteiger partial charge < -0.3 is 14.6 Å². The normalized spacial score (nSPS) is 10.6. The van der Waals surface area contributed by atoms with Gasteiger partial charge in [-0.1, -0.05) is 30.3 Å². The summed E-state index contributed by atoms with van der Waals surface area (Å²) in [7, 11) is 1.63. The molecule has 0 aliphatic carbocycles. The van der Waals surface area contributed by atoms with E-state index in [1.807, 2.05) is 67.6 Å². The number of anilines is 1. The van der Waals surface area contributed by atoms with Crippen LogP contribution in [0.5, 0.6) is 5.75 Å². The summed E-state index contributed by atoms with van der Waals surface area (Å²) in [4.78, 5) is 12.5. The lowest BCUT2D eigenvalue weighted by Gasteiger charge is -2.10. The number of ether oxygens (including phenoxy) is 1. The van der Waals surface area contributed by atoms with Gasteiger partial charge in [0.2, 0.25) is 0 Å². The molecule has 1 aromatic heterocycles. The minimum Gasteiger partial charge on any atom is -0.497 e. The zero-order chi connectivity index (χ0) is 21.1. The first kappa shape index (κ1) is 19.3. The van der Waals surface area contributed by atoms with Crippen LogP contribution in [0.3, 0.4) is 0 Å². The highest BCUT2D eigenvalue weighted by atomic mass is 16.5. The van der Waals surface area contributed by atoms with Gasteiger partial charge in [-0.3, -0.25) is 4.79 Å². The summed E-state index contributed by atoms with van der Waals surface area (Å²) in [5, 5.41) is 13.6. The number of amides is 1. The van der Waals surface area contributed by atoms with E-state index in [-0.39, 0.29) is 5.91 Å². The number of para-hydroxylation sites is 1.